The van der Waals surface area contributed by atoms with Crippen LogP contribution in [0.2, 0.25) is 0 Å². The Bertz CT molecular complexity index is 592. The molecule has 0 aromatic carbocycles. The number of aromatic nitrogens is 2. The van der Waals surface area contributed by atoms with Gasteiger partial charge in [-0.1, -0.05) is 0 Å². The van der Waals surface area contributed by atoms with Crippen molar-refractivity contribution in [1.82, 2.24) is 24.9 Å². The molecule has 1 aliphatic carbocycles. The normalized spacial score (nSPS) is 20.7. The molecule has 9 heteroatoms. The Hall–Kier alpha value is -0.910. The van der Waals surface area contributed by atoms with Crippen LogP contribution in [0.1, 0.15) is 24.5 Å². The van der Waals surface area contributed by atoms with Gasteiger partial charge in [-0.15, -0.1) is 24.0 Å². The first-order valence-electron chi connectivity index (χ1n) is 9.50. The van der Waals surface area contributed by atoms with Gasteiger partial charge in [0.05, 0.1) is 26.0 Å². The molecule has 8 nitrogen and oxygen atoms in total. The molecule has 2 heterocycles. The minimum absolute atomic E-state index is 0. The van der Waals surface area contributed by atoms with Gasteiger partial charge in [0.2, 0.25) is 0 Å². The summed E-state index contributed by atoms with van der Waals surface area (Å²) < 4.78 is 13.0. The molecular weight excluding hydrogens is 459 g/mol. The van der Waals surface area contributed by atoms with Crippen molar-refractivity contribution in [2.45, 2.75) is 25.0 Å². The maximum absolute atomic E-state index is 5.93. The van der Waals surface area contributed by atoms with Crippen molar-refractivity contribution in [3.8, 4) is 0 Å². The predicted molar refractivity (Wildman–Crippen MR) is 117 cm³/mol. The second-order valence-corrected chi connectivity index (χ2v) is 6.99. The van der Waals surface area contributed by atoms with Crippen LogP contribution in [0.5, 0.6) is 0 Å². The van der Waals surface area contributed by atoms with Crippen molar-refractivity contribution < 1.29 is 9.47 Å². The van der Waals surface area contributed by atoms with Gasteiger partial charge in [0.25, 0.3) is 0 Å². The molecule has 27 heavy (non-hydrogen) atoms. The number of aryl methyl sites for hydroxylation is 1. The van der Waals surface area contributed by atoms with Crippen LogP contribution in [0.25, 0.3) is 0 Å². The van der Waals surface area contributed by atoms with E-state index in [1.807, 2.05) is 31.2 Å². The van der Waals surface area contributed by atoms with Crippen LogP contribution in [0.15, 0.2) is 17.4 Å². The fourth-order valence-corrected chi connectivity index (χ4v) is 3.42. The minimum atomic E-state index is 0. The fourth-order valence-electron chi connectivity index (χ4n) is 3.42. The summed E-state index contributed by atoms with van der Waals surface area (Å²) in [6.45, 7) is 6.05. The summed E-state index contributed by atoms with van der Waals surface area (Å²) in [5, 5.41) is 7.78. The van der Waals surface area contributed by atoms with Gasteiger partial charge < -0.3 is 19.7 Å². The molecule has 0 bridgehead atoms. The van der Waals surface area contributed by atoms with Gasteiger partial charge in [-0.3, -0.25) is 14.6 Å². The van der Waals surface area contributed by atoms with Crippen LogP contribution in [0.4, 0.5) is 0 Å². The fraction of sp³-hybridized carbons (Fsp3) is 0.778. The number of nitrogens with zero attached hydrogens (tertiary/aromatic N) is 5. The van der Waals surface area contributed by atoms with Crippen molar-refractivity contribution in [2.24, 2.45) is 12.0 Å². The largest absolute Gasteiger partial charge is 0.383 e. The molecule has 1 N–H and O–H groups in total. The lowest BCUT2D eigenvalue weighted by Gasteiger charge is -2.35. The smallest absolute Gasteiger partial charge is 0.193 e. The third kappa shape index (κ3) is 6.58. The van der Waals surface area contributed by atoms with Crippen molar-refractivity contribution in [3.63, 3.8) is 0 Å². The number of halogens is 1. The van der Waals surface area contributed by atoms with Gasteiger partial charge in [0.1, 0.15) is 6.10 Å². The van der Waals surface area contributed by atoms with Gasteiger partial charge in [-0.05, 0) is 12.8 Å². The van der Waals surface area contributed by atoms with E-state index in [-0.39, 0.29) is 30.1 Å². The molecule has 1 aliphatic heterocycles. The van der Waals surface area contributed by atoms with E-state index < -0.39 is 0 Å². The van der Waals surface area contributed by atoms with E-state index in [0.29, 0.717) is 6.61 Å². The number of aliphatic imine (C=N–C) groups is 1. The zero-order valence-electron chi connectivity index (χ0n) is 16.6. The van der Waals surface area contributed by atoms with Crippen LogP contribution in [0.3, 0.4) is 0 Å². The third-order valence-corrected chi connectivity index (χ3v) is 5.00. The topological polar surface area (TPSA) is 67.2 Å². The number of rotatable bonds is 8. The molecule has 1 aromatic heterocycles. The summed E-state index contributed by atoms with van der Waals surface area (Å²) in [6, 6.07) is 0.743. The SMILES string of the molecule is CN=C(NCCN(CCOC)C1CC1)N1CCOC(c2cnn(C)c2)C1.I. The first kappa shape index (κ1) is 22.4. The summed E-state index contributed by atoms with van der Waals surface area (Å²) in [7, 11) is 5.54. The van der Waals surface area contributed by atoms with Crippen molar-refractivity contribution in [3.05, 3.63) is 18.0 Å². The predicted octanol–water partition coefficient (Wildman–Crippen LogP) is 1.10. The van der Waals surface area contributed by atoms with Gasteiger partial charge in [-0.2, -0.15) is 5.10 Å². The molecule has 154 valence electrons. The molecule has 0 amide bonds. The summed E-state index contributed by atoms with van der Waals surface area (Å²) in [5.74, 6) is 0.949. The lowest BCUT2D eigenvalue weighted by atomic mass is 10.1. The van der Waals surface area contributed by atoms with Crippen LogP contribution in [0, 0.1) is 0 Å². The summed E-state index contributed by atoms with van der Waals surface area (Å²) in [5.41, 5.74) is 1.12. The summed E-state index contributed by atoms with van der Waals surface area (Å²) >= 11 is 0. The highest BCUT2D eigenvalue weighted by Crippen LogP contribution is 2.26. The average molecular weight is 492 g/mol. The van der Waals surface area contributed by atoms with Gasteiger partial charge in [0, 0.05) is 65.2 Å². The molecule has 1 saturated heterocycles. The average Bonchev–Trinajstić information content (AvgIpc) is 3.41. The van der Waals surface area contributed by atoms with Crippen LogP contribution < -0.4 is 5.32 Å². The highest BCUT2D eigenvalue weighted by atomic mass is 127. The Morgan fingerprint density at radius 3 is 2.89 bits per heavy atom. The van der Waals surface area contributed by atoms with E-state index in [0.717, 1.165) is 56.9 Å². The quantitative estimate of drug-likeness (QED) is 0.333. The Balaban J connectivity index is 0.00000261. The van der Waals surface area contributed by atoms with E-state index in [1.165, 1.54) is 12.8 Å². The second kappa shape index (κ2) is 11.2. The van der Waals surface area contributed by atoms with E-state index in [1.54, 1.807) is 7.11 Å². The van der Waals surface area contributed by atoms with Crippen LogP contribution in [-0.2, 0) is 16.5 Å². The first-order chi connectivity index (χ1) is 12.7. The van der Waals surface area contributed by atoms with Crippen LogP contribution in [-0.4, -0.2) is 91.7 Å². The van der Waals surface area contributed by atoms with Gasteiger partial charge >= 0.3 is 0 Å². The number of hydrogen-bond donors (Lipinski definition) is 1. The number of morpholine rings is 1. The summed E-state index contributed by atoms with van der Waals surface area (Å²) in [6.07, 6.45) is 6.57. The summed E-state index contributed by atoms with van der Waals surface area (Å²) in [4.78, 5) is 9.27. The molecule has 1 saturated carbocycles. The maximum Gasteiger partial charge on any atom is 0.193 e. The zero-order chi connectivity index (χ0) is 18.4. The molecule has 0 radical (unpaired) electrons. The first-order valence-corrected chi connectivity index (χ1v) is 9.50. The monoisotopic (exact) mass is 492 g/mol. The Morgan fingerprint density at radius 1 is 1.44 bits per heavy atom. The molecule has 0 spiro atoms. The third-order valence-electron chi connectivity index (χ3n) is 5.00. The molecule has 2 aliphatic rings. The highest BCUT2D eigenvalue weighted by Gasteiger charge is 2.29. The Kier molecular flexibility index (Phi) is 9.27. The molecule has 3 rings (SSSR count). The number of methoxy groups -OCH3 is 1. The van der Waals surface area contributed by atoms with E-state index in [2.05, 4.69) is 25.2 Å². The molecule has 1 atom stereocenters. The minimum Gasteiger partial charge on any atom is -0.383 e. The van der Waals surface area contributed by atoms with Crippen LogP contribution >= 0.6 is 24.0 Å². The molecule has 1 aromatic rings. The van der Waals surface area contributed by atoms with Crippen molar-refractivity contribution in [1.29, 1.82) is 0 Å². The van der Waals surface area contributed by atoms with Gasteiger partial charge in [-0.25, -0.2) is 0 Å². The number of hydrogen-bond acceptors (Lipinski definition) is 5. The van der Waals surface area contributed by atoms with Crippen molar-refractivity contribution >= 4 is 29.9 Å². The Labute approximate surface area is 179 Å². The van der Waals surface area contributed by atoms with E-state index >= 15 is 0 Å². The molecule has 1 unspecified atom stereocenters. The molecule has 2 fully saturated rings. The number of guanidine groups is 1. The lowest BCUT2D eigenvalue weighted by molar-refractivity contribution is -0.00806. The van der Waals surface area contributed by atoms with Gasteiger partial charge in [0.15, 0.2) is 5.96 Å². The standard InChI is InChI=1S/C18H32N6O2.HI/c1-19-18(20-6-7-23(8-10-25-3)16-4-5-16)24-9-11-26-17(14-24)15-12-21-22(2)13-15;/h12-13,16-17H,4-11,14H2,1-3H3,(H,19,20);1H. The van der Waals surface area contributed by atoms with E-state index in [4.69, 9.17) is 9.47 Å². The maximum atomic E-state index is 5.93. The second-order valence-electron chi connectivity index (χ2n) is 6.99. The zero-order valence-corrected chi connectivity index (χ0v) is 19.0. The van der Waals surface area contributed by atoms with E-state index in [9.17, 15) is 0 Å². The molecular formula is C18H33IN6O2. The Morgan fingerprint density at radius 2 is 2.26 bits per heavy atom. The highest BCUT2D eigenvalue weighted by molar-refractivity contribution is 14.0. The number of ether oxygens (including phenoxy) is 2. The lowest BCUT2D eigenvalue weighted by Crippen LogP contribution is -2.49. The number of nitrogens with one attached hydrogen (secondary N) is 1. The van der Waals surface area contributed by atoms with Crippen molar-refractivity contribution in [2.75, 3.05) is 60.1 Å².